The van der Waals surface area contributed by atoms with Crippen LogP contribution < -0.4 is 5.32 Å². The fraction of sp³-hybridized carbons (Fsp3) is 0.758. The summed E-state index contributed by atoms with van der Waals surface area (Å²) in [5, 5.41) is 3.15. The maximum atomic E-state index is 13.2. The summed E-state index contributed by atoms with van der Waals surface area (Å²) in [5.41, 5.74) is 1.58. The summed E-state index contributed by atoms with van der Waals surface area (Å²) in [6.07, 6.45) is 25.5. The molecule has 37 heavy (non-hydrogen) atoms. The van der Waals surface area contributed by atoms with Crippen LogP contribution in [0.1, 0.15) is 164 Å². The van der Waals surface area contributed by atoms with Gasteiger partial charge < -0.3 is 10.2 Å². The van der Waals surface area contributed by atoms with Crippen LogP contribution in [-0.4, -0.2) is 29.8 Å². The van der Waals surface area contributed by atoms with Crippen LogP contribution in [0.4, 0.5) is 0 Å². The maximum absolute atomic E-state index is 13.2. The molecule has 2 rings (SSSR count). The van der Waals surface area contributed by atoms with E-state index in [-0.39, 0.29) is 11.8 Å². The molecule has 4 heteroatoms. The van der Waals surface area contributed by atoms with Gasteiger partial charge in [-0.05, 0) is 24.5 Å². The Labute approximate surface area is 228 Å². The predicted octanol–water partition coefficient (Wildman–Crippen LogP) is 9.14. The number of unbranched alkanes of at least 4 members (excludes halogenated alkanes) is 18. The molecule has 1 N–H and O–H groups in total. The molecule has 0 saturated carbocycles. The van der Waals surface area contributed by atoms with E-state index in [9.17, 15) is 9.59 Å². The minimum Gasteiger partial charge on any atom is -0.354 e. The molecular weight excluding hydrogens is 456 g/mol. The average molecular weight is 513 g/mol. The second-order valence-electron chi connectivity index (χ2n) is 11.1. The number of nitrogens with one attached hydrogen (secondary N) is 1. The first-order valence-corrected chi connectivity index (χ1v) is 15.9. The van der Waals surface area contributed by atoms with Crippen LogP contribution in [0.25, 0.3) is 0 Å². The van der Waals surface area contributed by atoms with E-state index in [1.807, 2.05) is 29.2 Å². The quantitative estimate of drug-likeness (QED) is 0.149. The Balaban J connectivity index is 1.67. The van der Waals surface area contributed by atoms with E-state index >= 15 is 0 Å². The Bertz CT molecular complexity index is 748. The number of nitrogens with zero attached hydrogens (tertiary/aromatic N) is 1. The summed E-state index contributed by atoms with van der Waals surface area (Å²) in [4.78, 5) is 28.1. The monoisotopic (exact) mass is 512 g/mol. The summed E-state index contributed by atoms with van der Waals surface area (Å²) in [7, 11) is 0. The highest BCUT2D eigenvalue weighted by atomic mass is 16.2. The highest BCUT2D eigenvalue weighted by molar-refractivity contribution is 6.04. The maximum Gasteiger partial charge on any atom is 0.255 e. The van der Waals surface area contributed by atoms with Gasteiger partial charge in [-0.3, -0.25) is 9.59 Å². The number of hydrogen-bond donors (Lipinski definition) is 1. The minimum atomic E-state index is -0.467. The van der Waals surface area contributed by atoms with E-state index in [2.05, 4.69) is 19.2 Å². The highest BCUT2D eigenvalue weighted by Gasteiger charge is 2.40. The molecule has 0 saturated heterocycles. The van der Waals surface area contributed by atoms with Gasteiger partial charge in [0, 0.05) is 18.7 Å². The van der Waals surface area contributed by atoms with Crippen LogP contribution >= 0.6 is 0 Å². The number of carbonyl (C=O) groups is 2. The lowest BCUT2D eigenvalue weighted by molar-refractivity contribution is -0.125. The van der Waals surface area contributed by atoms with Gasteiger partial charge in [0.1, 0.15) is 6.04 Å². The van der Waals surface area contributed by atoms with Crippen molar-refractivity contribution in [2.45, 2.75) is 148 Å². The van der Waals surface area contributed by atoms with E-state index < -0.39 is 6.04 Å². The van der Waals surface area contributed by atoms with Crippen molar-refractivity contribution in [3.8, 4) is 0 Å². The van der Waals surface area contributed by atoms with Crippen LogP contribution in [0.3, 0.4) is 0 Å². The molecule has 210 valence electrons. The first kappa shape index (κ1) is 31.4. The standard InChI is InChI=1S/C33H56N2O2/c1-3-5-7-9-11-13-15-17-19-23-27-34-32(36)31-29-25-21-22-26-30(29)33(37)35(31)28-24-20-18-16-14-12-10-8-6-4-2/h21-22,25-26,31H,3-20,23-24,27-28H2,1-2H3,(H,34,36). The van der Waals surface area contributed by atoms with Gasteiger partial charge in [-0.2, -0.15) is 0 Å². The number of carbonyl (C=O) groups excluding carboxylic acids is 2. The van der Waals surface area contributed by atoms with Crippen molar-refractivity contribution in [1.82, 2.24) is 10.2 Å². The van der Waals surface area contributed by atoms with Crippen molar-refractivity contribution >= 4 is 11.8 Å². The number of fused-ring (bicyclic) bond motifs is 1. The van der Waals surface area contributed by atoms with Crippen LogP contribution in [0, 0.1) is 0 Å². The molecule has 1 aliphatic heterocycles. The zero-order chi connectivity index (χ0) is 26.6. The topological polar surface area (TPSA) is 49.4 Å². The summed E-state index contributed by atoms with van der Waals surface area (Å²) in [6, 6.07) is 7.21. The second kappa shape index (κ2) is 20.2. The fourth-order valence-electron chi connectivity index (χ4n) is 5.57. The molecule has 0 aromatic heterocycles. The molecule has 1 aliphatic rings. The lowest BCUT2D eigenvalue weighted by Crippen LogP contribution is -2.40. The highest BCUT2D eigenvalue weighted by Crippen LogP contribution is 2.34. The van der Waals surface area contributed by atoms with E-state index in [4.69, 9.17) is 0 Å². The third-order valence-corrected chi connectivity index (χ3v) is 7.89. The molecule has 4 nitrogen and oxygen atoms in total. The van der Waals surface area contributed by atoms with Crippen LogP contribution in [0.15, 0.2) is 24.3 Å². The molecule has 1 heterocycles. The molecule has 0 fully saturated rings. The second-order valence-corrected chi connectivity index (χ2v) is 11.1. The zero-order valence-electron chi connectivity index (χ0n) is 24.2. The molecular formula is C33H56N2O2. The number of amides is 2. The van der Waals surface area contributed by atoms with Crippen molar-refractivity contribution < 1.29 is 9.59 Å². The fourth-order valence-corrected chi connectivity index (χ4v) is 5.57. The summed E-state index contributed by atoms with van der Waals surface area (Å²) in [6.45, 7) is 5.89. The largest absolute Gasteiger partial charge is 0.354 e. The zero-order valence-corrected chi connectivity index (χ0v) is 24.2. The molecule has 0 radical (unpaired) electrons. The summed E-state index contributed by atoms with van der Waals surface area (Å²) in [5.74, 6) is 0.00640. The van der Waals surface area contributed by atoms with Crippen molar-refractivity contribution in [2.24, 2.45) is 0 Å². The van der Waals surface area contributed by atoms with Crippen LogP contribution in [0.2, 0.25) is 0 Å². The van der Waals surface area contributed by atoms with Crippen LogP contribution in [0.5, 0.6) is 0 Å². The first-order chi connectivity index (χ1) is 18.2. The molecule has 1 atom stereocenters. The van der Waals surface area contributed by atoms with E-state index in [1.54, 1.807) is 0 Å². The lowest BCUT2D eigenvalue weighted by Gasteiger charge is -2.24. The molecule has 1 aromatic carbocycles. The normalized spacial score (nSPS) is 14.8. The average Bonchev–Trinajstić information content (AvgIpc) is 3.19. The molecule has 2 amide bonds. The molecule has 1 aromatic rings. The van der Waals surface area contributed by atoms with Crippen molar-refractivity contribution in [3.05, 3.63) is 35.4 Å². The van der Waals surface area contributed by atoms with Crippen molar-refractivity contribution in [1.29, 1.82) is 0 Å². The SMILES string of the molecule is CCCCCCCCCCCCNC(=O)C1c2ccccc2C(=O)N1CCCCCCCCCCCC. The number of rotatable bonds is 23. The Morgan fingerprint density at radius 2 is 1.14 bits per heavy atom. The predicted molar refractivity (Wildman–Crippen MR) is 157 cm³/mol. The van der Waals surface area contributed by atoms with Gasteiger partial charge >= 0.3 is 0 Å². The Kier molecular flexibility index (Phi) is 17.1. The van der Waals surface area contributed by atoms with E-state index in [0.29, 0.717) is 18.7 Å². The van der Waals surface area contributed by atoms with Gasteiger partial charge in [-0.25, -0.2) is 0 Å². The number of hydrogen-bond acceptors (Lipinski definition) is 2. The molecule has 0 bridgehead atoms. The van der Waals surface area contributed by atoms with Crippen LogP contribution in [-0.2, 0) is 4.79 Å². The molecule has 1 unspecified atom stereocenters. The van der Waals surface area contributed by atoms with E-state index in [1.165, 1.54) is 103 Å². The van der Waals surface area contributed by atoms with E-state index in [0.717, 1.165) is 31.2 Å². The summed E-state index contributed by atoms with van der Waals surface area (Å²) >= 11 is 0. The third kappa shape index (κ3) is 12.0. The Morgan fingerprint density at radius 3 is 1.68 bits per heavy atom. The number of benzene rings is 1. The van der Waals surface area contributed by atoms with Gasteiger partial charge in [0.25, 0.3) is 5.91 Å². The van der Waals surface area contributed by atoms with Crippen molar-refractivity contribution in [2.75, 3.05) is 13.1 Å². The summed E-state index contributed by atoms with van der Waals surface area (Å²) < 4.78 is 0. The minimum absolute atomic E-state index is 0.0127. The first-order valence-electron chi connectivity index (χ1n) is 15.9. The third-order valence-electron chi connectivity index (χ3n) is 7.89. The smallest absolute Gasteiger partial charge is 0.255 e. The molecule has 0 aliphatic carbocycles. The molecule has 0 spiro atoms. The van der Waals surface area contributed by atoms with Gasteiger partial charge in [0.15, 0.2) is 0 Å². The van der Waals surface area contributed by atoms with Crippen molar-refractivity contribution in [3.63, 3.8) is 0 Å². The van der Waals surface area contributed by atoms with Gasteiger partial charge in [0.05, 0.1) is 0 Å². The van der Waals surface area contributed by atoms with Gasteiger partial charge in [-0.1, -0.05) is 148 Å². The van der Waals surface area contributed by atoms with Gasteiger partial charge in [-0.15, -0.1) is 0 Å². The lowest BCUT2D eigenvalue weighted by atomic mass is 10.0. The Hall–Kier alpha value is -1.84. The van der Waals surface area contributed by atoms with Gasteiger partial charge in [0.2, 0.25) is 5.91 Å². The Morgan fingerprint density at radius 1 is 0.676 bits per heavy atom.